The molecule has 0 radical (unpaired) electrons. The van der Waals surface area contributed by atoms with Gasteiger partial charge in [0.05, 0.1) is 15.6 Å². The van der Waals surface area contributed by atoms with E-state index in [1.807, 2.05) is 0 Å². The van der Waals surface area contributed by atoms with Crippen LogP contribution in [0.4, 0.5) is 0 Å². The van der Waals surface area contributed by atoms with Crippen LogP contribution in [0.2, 0.25) is 10.0 Å². The summed E-state index contributed by atoms with van der Waals surface area (Å²) in [4.78, 5) is 27.6. The van der Waals surface area contributed by atoms with Crippen LogP contribution < -0.4 is 15.4 Å². The van der Waals surface area contributed by atoms with Crippen molar-refractivity contribution in [2.45, 2.75) is 6.42 Å². The smallest absolute Gasteiger partial charge is 0.257 e. The molecule has 1 aromatic carbocycles. The largest absolute Gasteiger partial charge is 0.484 e. The molecule has 0 aliphatic heterocycles. The molecule has 2 aromatic rings. The lowest BCUT2D eigenvalue weighted by molar-refractivity contribution is -0.123. The molecule has 1 aromatic heterocycles. The maximum Gasteiger partial charge on any atom is 0.257 e. The van der Waals surface area contributed by atoms with Gasteiger partial charge >= 0.3 is 0 Å². The summed E-state index contributed by atoms with van der Waals surface area (Å²) in [5, 5.41) is 6.10. The number of rotatable bonds is 8. The van der Waals surface area contributed by atoms with Gasteiger partial charge in [-0.15, -0.1) is 0 Å². The minimum atomic E-state index is -0.303. The summed E-state index contributed by atoms with van der Waals surface area (Å²) in [7, 11) is 0. The normalized spacial score (nSPS) is 10.1. The van der Waals surface area contributed by atoms with Crippen LogP contribution in [0.5, 0.6) is 5.75 Å². The van der Waals surface area contributed by atoms with Gasteiger partial charge in [0.2, 0.25) is 0 Å². The third kappa shape index (κ3) is 6.38. The number of amides is 2. The lowest BCUT2D eigenvalue weighted by Gasteiger charge is -2.10. The Morgan fingerprint density at radius 3 is 2.69 bits per heavy atom. The van der Waals surface area contributed by atoms with Crippen molar-refractivity contribution < 1.29 is 14.3 Å². The molecule has 0 spiro atoms. The van der Waals surface area contributed by atoms with Gasteiger partial charge < -0.3 is 15.4 Å². The predicted octanol–water partition coefficient (Wildman–Crippen LogP) is 3.22. The SMILES string of the molecule is C=C(CCNC(=O)COc1ccc(Cl)c(Cl)c1)NC(=O)c1cccnc1. The minimum absolute atomic E-state index is 0.160. The van der Waals surface area contributed by atoms with Crippen LogP contribution in [0.1, 0.15) is 16.8 Å². The third-order valence-corrected chi connectivity index (χ3v) is 3.96. The van der Waals surface area contributed by atoms with Gasteiger partial charge in [-0.2, -0.15) is 0 Å². The van der Waals surface area contributed by atoms with Crippen LogP contribution in [-0.2, 0) is 4.79 Å². The van der Waals surface area contributed by atoms with Crippen LogP contribution in [-0.4, -0.2) is 29.9 Å². The number of carbonyl (C=O) groups is 2. The van der Waals surface area contributed by atoms with Crippen molar-refractivity contribution in [2.24, 2.45) is 0 Å². The molecule has 2 amide bonds. The number of hydrogen-bond donors (Lipinski definition) is 2. The minimum Gasteiger partial charge on any atom is -0.484 e. The zero-order valence-corrected chi connectivity index (χ0v) is 15.3. The van der Waals surface area contributed by atoms with Crippen molar-refractivity contribution in [1.29, 1.82) is 0 Å². The molecule has 136 valence electrons. The van der Waals surface area contributed by atoms with E-state index in [9.17, 15) is 9.59 Å². The summed E-state index contributed by atoms with van der Waals surface area (Å²) in [5.74, 6) is -0.150. The molecule has 0 saturated heterocycles. The van der Waals surface area contributed by atoms with E-state index in [0.29, 0.717) is 40.0 Å². The fourth-order valence-electron chi connectivity index (χ4n) is 1.91. The highest BCUT2D eigenvalue weighted by atomic mass is 35.5. The summed E-state index contributed by atoms with van der Waals surface area (Å²) < 4.78 is 5.33. The van der Waals surface area contributed by atoms with Crippen molar-refractivity contribution in [3.05, 3.63) is 70.6 Å². The molecule has 2 N–H and O–H groups in total. The fourth-order valence-corrected chi connectivity index (χ4v) is 2.20. The first-order chi connectivity index (χ1) is 12.5. The molecule has 0 unspecified atom stereocenters. The van der Waals surface area contributed by atoms with Crippen molar-refractivity contribution in [2.75, 3.05) is 13.2 Å². The highest BCUT2D eigenvalue weighted by Gasteiger charge is 2.08. The van der Waals surface area contributed by atoms with E-state index < -0.39 is 0 Å². The Hall–Kier alpha value is -2.57. The molecule has 0 fully saturated rings. The number of nitrogens with one attached hydrogen (secondary N) is 2. The number of hydrogen-bond acceptors (Lipinski definition) is 4. The van der Waals surface area contributed by atoms with Crippen LogP contribution >= 0.6 is 23.2 Å². The third-order valence-electron chi connectivity index (χ3n) is 3.22. The first-order valence-corrected chi connectivity index (χ1v) is 8.45. The molecule has 0 aliphatic carbocycles. The molecular weight excluding hydrogens is 377 g/mol. The summed E-state index contributed by atoms with van der Waals surface area (Å²) in [6, 6.07) is 8.07. The average molecular weight is 394 g/mol. The molecule has 0 atom stereocenters. The van der Waals surface area contributed by atoms with E-state index in [1.54, 1.807) is 30.5 Å². The Kier molecular flexibility index (Phi) is 7.44. The van der Waals surface area contributed by atoms with Gasteiger partial charge in [0.25, 0.3) is 11.8 Å². The zero-order valence-electron chi connectivity index (χ0n) is 13.8. The van der Waals surface area contributed by atoms with E-state index in [0.717, 1.165) is 0 Å². The first-order valence-electron chi connectivity index (χ1n) is 7.69. The van der Waals surface area contributed by atoms with Gasteiger partial charge in [-0.05, 0) is 24.3 Å². The van der Waals surface area contributed by atoms with Gasteiger partial charge in [-0.1, -0.05) is 29.8 Å². The summed E-state index contributed by atoms with van der Waals surface area (Å²) in [6.07, 6.45) is 3.44. The Labute approximate surface area is 161 Å². The maximum atomic E-state index is 11.9. The van der Waals surface area contributed by atoms with E-state index in [1.165, 1.54) is 12.3 Å². The van der Waals surface area contributed by atoms with Gasteiger partial charge in [-0.25, -0.2) is 0 Å². The number of ether oxygens (including phenoxy) is 1. The van der Waals surface area contributed by atoms with Crippen LogP contribution in [0, 0.1) is 0 Å². The molecule has 0 bridgehead atoms. The molecular formula is C18H17Cl2N3O3. The van der Waals surface area contributed by atoms with Crippen molar-refractivity contribution >= 4 is 35.0 Å². The van der Waals surface area contributed by atoms with Gasteiger partial charge in [-0.3, -0.25) is 14.6 Å². The number of pyridine rings is 1. The average Bonchev–Trinajstić information content (AvgIpc) is 2.63. The van der Waals surface area contributed by atoms with Crippen LogP contribution in [0.25, 0.3) is 0 Å². The number of benzene rings is 1. The molecule has 26 heavy (non-hydrogen) atoms. The number of aromatic nitrogens is 1. The van der Waals surface area contributed by atoms with Crippen LogP contribution in [0.3, 0.4) is 0 Å². The summed E-state index contributed by atoms with van der Waals surface area (Å²) >= 11 is 11.7. The maximum absolute atomic E-state index is 11.9. The first kappa shape index (κ1) is 19.8. The summed E-state index contributed by atoms with van der Waals surface area (Å²) in [5.41, 5.74) is 0.928. The highest BCUT2D eigenvalue weighted by Crippen LogP contribution is 2.26. The van der Waals surface area contributed by atoms with E-state index in [2.05, 4.69) is 22.2 Å². The highest BCUT2D eigenvalue weighted by molar-refractivity contribution is 6.42. The molecule has 6 nitrogen and oxygen atoms in total. The summed E-state index contributed by atoms with van der Waals surface area (Å²) in [6.45, 7) is 3.92. The van der Waals surface area contributed by atoms with Gasteiger partial charge in [0, 0.05) is 37.1 Å². The second-order valence-corrected chi connectivity index (χ2v) is 6.08. The Bertz CT molecular complexity index is 798. The quantitative estimate of drug-likeness (QED) is 0.721. The molecule has 0 aliphatic rings. The second kappa shape index (κ2) is 9.79. The molecule has 2 rings (SSSR count). The lowest BCUT2D eigenvalue weighted by Crippen LogP contribution is -2.31. The second-order valence-electron chi connectivity index (χ2n) is 5.26. The standard InChI is InChI=1S/C18H17Cl2N3O3/c1-12(23-18(25)13-3-2-7-21-10-13)6-8-22-17(24)11-26-14-4-5-15(19)16(20)9-14/h2-5,7,9-10H,1,6,8,11H2,(H,22,24)(H,23,25). The Morgan fingerprint density at radius 2 is 2.00 bits per heavy atom. The van der Waals surface area contributed by atoms with Gasteiger partial charge in [0.15, 0.2) is 6.61 Å². The monoisotopic (exact) mass is 393 g/mol. The van der Waals surface area contributed by atoms with Gasteiger partial charge in [0.1, 0.15) is 5.75 Å². The number of carbonyl (C=O) groups excluding carboxylic acids is 2. The Morgan fingerprint density at radius 1 is 1.19 bits per heavy atom. The number of halogens is 2. The van der Waals surface area contributed by atoms with Crippen LogP contribution in [0.15, 0.2) is 55.0 Å². The van der Waals surface area contributed by atoms with E-state index in [-0.39, 0.29) is 18.4 Å². The van der Waals surface area contributed by atoms with Crippen molar-refractivity contribution in [3.8, 4) is 5.75 Å². The Balaban J connectivity index is 1.66. The molecule has 0 saturated carbocycles. The topological polar surface area (TPSA) is 80.3 Å². The lowest BCUT2D eigenvalue weighted by atomic mass is 10.2. The molecule has 1 heterocycles. The molecule has 8 heteroatoms. The predicted molar refractivity (Wildman–Crippen MR) is 100 cm³/mol. The number of nitrogens with zero attached hydrogens (tertiary/aromatic N) is 1. The zero-order chi connectivity index (χ0) is 18.9. The fraction of sp³-hybridized carbons (Fsp3) is 0.167. The van der Waals surface area contributed by atoms with Crippen molar-refractivity contribution in [1.82, 2.24) is 15.6 Å². The van der Waals surface area contributed by atoms with E-state index >= 15 is 0 Å². The van der Waals surface area contributed by atoms with E-state index in [4.69, 9.17) is 27.9 Å². The van der Waals surface area contributed by atoms with Crippen molar-refractivity contribution in [3.63, 3.8) is 0 Å².